The van der Waals surface area contributed by atoms with Crippen molar-refractivity contribution in [2.45, 2.75) is 20.3 Å². The highest BCUT2D eigenvalue weighted by molar-refractivity contribution is 5.64. The number of rotatable bonds is 5. The number of methoxy groups -OCH3 is 1. The Hall–Kier alpha value is -1.22. The van der Waals surface area contributed by atoms with Crippen LogP contribution in [0.5, 0.6) is 5.75 Å². The third-order valence-corrected chi connectivity index (χ3v) is 2.66. The van der Waals surface area contributed by atoms with Crippen LogP contribution in [0.2, 0.25) is 0 Å². The molecule has 90 valence electrons. The average molecular weight is 223 g/mol. The molecule has 0 bridgehead atoms. The molecule has 0 aliphatic carbocycles. The molecule has 0 aliphatic heterocycles. The van der Waals surface area contributed by atoms with Gasteiger partial charge < -0.3 is 14.7 Å². The van der Waals surface area contributed by atoms with Crippen LogP contribution in [0.25, 0.3) is 0 Å². The molecule has 0 spiro atoms. The van der Waals surface area contributed by atoms with Gasteiger partial charge in [0.25, 0.3) is 0 Å². The van der Waals surface area contributed by atoms with Gasteiger partial charge >= 0.3 is 0 Å². The van der Waals surface area contributed by atoms with Gasteiger partial charge in [-0.2, -0.15) is 0 Å². The van der Waals surface area contributed by atoms with Gasteiger partial charge in [-0.15, -0.1) is 0 Å². The summed E-state index contributed by atoms with van der Waals surface area (Å²) in [5.74, 6) is 0.901. The molecule has 0 unspecified atom stereocenters. The molecule has 16 heavy (non-hydrogen) atoms. The lowest BCUT2D eigenvalue weighted by atomic mass is 10.1. The minimum Gasteiger partial charge on any atom is -0.495 e. The highest BCUT2D eigenvalue weighted by Gasteiger charge is 2.11. The zero-order valence-corrected chi connectivity index (χ0v) is 10.6. The summed E-state index contributed by atoms with van der Waals surface area (Å²) in [7, 11) is 3.72. The fourth-order valence-electron chi connectivity index (χ4n) is 1.99. The molecule has 0 fully saturated rings. The van der Waals surface area contributed by atoms with Crippen molar-refractivity contribution in [2.75, 3.05) is 32.2 Å². The van der Waals surface area contributed by atoms with Crippen LogP contribution >= 0.6 is 0 Å². The van der Waals surface area contributed by atoms with E-state index in [1.165, 1.54) is 11.1 Å². The summed E-state index contributed by atoms with van der Waals surface area (Å²) in [6.07, 6.45) is 0.771. The van der Waals surface area contributed by atoms with Crippen LogP contribution in [0.3, 0.4) is 0 Å². The second-order valence-corrected chi connectivity index (χ2v) is 4.13. The normalized spacial score (nSPS) is 10.3. The van der Waals surface area contributed by atoms with Crippen molar-refractivity contribution in [3.8, 4) is 5.75 Å². The van der Waals surface area contributed by atoms with Crippen LogP contribution in [0, 0.1) is 13.8 Å². The predicted octanol–water partition coefficient (Wildman–Crippen LogP) is 2.13. The fourth-order valence-corrected chi connectivity index (χ4v) is 1.99. The molecular weight excluding hydrogens is 202 g/mol. The molecular formula is C13H21NO2. The van der Waals surface area contributed by atoms with E-state index in [-0.39, 0.29) is 6.61 Å². The molecule has 0 radical (unpaired) electrons. The van der Waals surface area contributed by atoms with Crippen molar-refractivity contribution < 1.29 is 9.84 Å². The van der Waals surface area contributed by atoms with Crippen LogP contribution in [0.15, 0.2) is 12.1 Å². The molecule has 1 N–H and O–H groups in total. The standard InChI is InChI=1S/C13H21NO2/c1-10-8-11(2)13(12(9-10)16-4)14(3)6-5-7-15/h8-9,15H,5-7H2,1-4H3. The summed E-state index contributed by atoms with van der Waals surface area (Å²) in [6.45, 7) is 5.20. The average Bonchev–Trinajstić information content (AvgIpc) is 2.24. The van der Waals surface area contributed by atoms with E-state index in [9.17, 15) is 0 Å². The number of nitrogens with zero attached hydrogens (tertiary/aromatic N) is 1. The first kappa shape index (κ1) is 12.8. The Bertz CT molecular complexity index is 350. The van der Waals surface area contributed by atoms with Crippen molar-refractivity contribution in [1.82, 2.24) is 0 Å². The Kier molecular flexibility index (Phi) is 4.62. The number of ether oxygens (including phenoxy) is 1. The Morgan fingerprint density at radius 2 is 2.00 bits per heavy atom. The van der Waals surface area contributed by atoms with Gasteiger partial charge in [-0.25, -0.2) is 0 Å². The van der Waals surface area contributed by atoms with Gasteiger partial charge in [0.15, 0.2) is 0 Å². The Labute approximate surface area is 97.7 Å². The quantitative estimate of drug-likeness (QED) is 0.830. The third-order valence-electron chi connectivity index (χ3n) is 2.66. The number of aliphatic hydroxyl groups excluding tert-OH is 1. The van der Waals surface area contributed by atoms with E-state index in [1.54, 1.807) is 7.11 Å². The molecule has 0 aliphatic rings. The van der Waals surface area contributed by atoms with Gasteiger partial charge in [-0.05, 0) is 37.5 Å². The topological polar surface area (TPSA) is 32.7 Å². The highest BCUT2D eigenvalue weighted by atomic mass is 16.5. The number of aryl methyl sites for hydroxylation is 2. The second kappa shape index (κ2) is 5.75. The van der Waals surface area contributed by atoms with Gasteiger partial charge in [0, 0.05) is 20.2 Å². The van der Waals surface area contributed by atoms with E-state index < -0.39 is 0 Å². The summed E-state index contributed by atoms with van der Waals surface area (Å²) in [6, 6.07) is 4.19. The number of anilines is 1. The molecule has 0 atom stereocenters. The van der Waals surface area contributed by atoms with E-state index in [0.717, 1.165) is 24.4 Å². The summed E-state index contributed by atoms with van der Waals surface area (Å²) in [4.78, 5) is 2.13. The Morgan fingerprint density at radius 1 is 1.31 bits per heavy atom. The number of benzene rings is 1. The van der Waals surface area contributed by atoms with E-state index >= 15 is 0 Å². The minimum absolute atomic E-state index is 0.220. The van der Waals surface area contributed by atoms with Crippen LogP contribution in [0.1, 0.15) is 17.5 Å². The fraction of sp³-hybridized carbons (Fsp3) is 0.538. The molecule has 1 aromatic rings. The molecule has 0 heterocycles. The van der Waals surface area contributed by atoms with E-state index in [4.69, 9.17) is 9.84 Å². The Morgan fingerprint density at radius 3 is 2.56 bits per heavy atom. The maximum Gasteiger partial charge on any atom is 0.142 e. The van der Waals surface area contributed by atoms with Crippen molar-refractivity contribution in [2.24, 2.45) is 0 Å². The molecule has 0 aromatic heterocycles. The molecule has 3 heteroatoms. The third kappa shape index (κ3) is 2.89. The van der Waals surface area contributed by atoms with Crippen LogP contribution in [-0.2, 0) is 0 Å². The first-order valence-electron chi connectivity index (χ1n) is 5.57. The van der Waals surface area contributed by atoms with Crippen LogP contribution in [-0.4, -0.2) is 32.4 Å². The molecule has 0 saturated heterocycles. The zero-order valence-electron chi connectivity index (χ0n) is 10.6. The maximum atomic E-state index is 8.84. The van der Waals surface area contributed by atoms with Gasteiger partial charge in [0.05, 0.1) is 12.8 Å². The van der Waals surface area contributed by atoms with Gasteiger partial charge in [0.2, 0.25) is 0 Å². The van der Waals surface area contributed by atoms with Crippen molar-refractivity contribution in [3.05, 3.63) is 23.3 Å². The van der Waals surface area contributed by atoms with Crippen LogP contribution in [0.4, 0.5) is 5.69 Å². The van der Waals surface area contributed by atoms with Crippen molar-refractivity contribution >= 4 is 5.69 Å². The highest BCUT2D eigenvalue weighted by Crippen LogP contribution is 2.32. The zero-order chi connectivity index (χ0) is 12.1. The lowest BCUT2D eigenvalue weighted by molar-refractivity contribution is 0.290. The molecule has 1 aromatic carbocycles. The van der Waals surface area contributed by atoms with Crippen LogP contribution < -0.4 is 9.64 Å². The summed E-state index contributed by atoms with van der Waals surface area (Å²) in [5.41, 5.74) is 3.52. The van der Waals surface area contributed by atoms with Crippen molar-refractivity contribution in [1.29, 1.82) is 0 Å². The minimum atomic E-state index is 0.220. The number of hydrogen-bond acceptors (Lipinski definition) is 3. The first-order valence-corrected chi connectivity index (χ1v) is 5.57. The monoisotopic (exact) mass is 223 g/mol. The lowest BCUT2D eigenvalue weighted by Gasteiger charge is -2.24. The summed E-state index contributed by atoms with van der Waals surface area (Å²) >= 11 is 0. The predicted molar refractivity (Wildman–Crippen MR) is 67.4 cm³/mol. The van der Waals surface area contributed by atoms with Gasteiger partial charge in [-0.1, -0.05) is 6.07 Å². The van der Waals surface area contributed by atoms with E-state index in [0.29, 0.717) is 0 Å². The van der Waals surface area contributed by atoms with Gasteiger partial charge in [-0.3, -0.25) is 0 Å². The second-order valence-electron chi connectivity index (χ2n) is 4.13. The van der Waals surface area contributed by atoms with Crippen molar-refractivity contribution in [3.63, 3.8) is 0 Å². The number of aliphatic hydroxyl groups is 1. The van der Waals surface area contributed by atoms with E-state index in [2.05, 4.69) is 24.8 Å². The largest absolute Gasteiger partial charge is 0.495 e. The number of hydrogen-bond donors (Lipinski definition) is 1. The summed E-state index contributed by atoms with van der Waals surface area (Å²) < 4.78 is 5.40. The smallest absolute Gasteiger partial charge is 0.142 e. The molecule has 0 amide bonds. The summed E-state index contributed by atoms with van der Waals surface area (Å²) in [5, 5.41) is 8.84. The maximum absolute atomic E-state index is 8.84. The molecule has 3 nitrogen and oxygen atoms in total. The SMILES string of the molecule is COc1cc(C)cc(C)c1N(C)CCCO. The Balaban J connectivity index is 3.01. The molecule has 1 rings (SSSR count). The van der Waals surface area contributed by atoms with Gasteiger partial charge in [0.1, 0.15) is 5.75 Å². The first-order chi connectivity index (χ1) is 7.60. The lowest BCUT2D eigenvalue weighted by Crippen LogP contribution is -2.21. The molecule has 0 saturated carbocycles. The van der Waals surface area contributed by atoms with E-state index in [1.807, 2.05) is 13.1 Å².